The molecule has 0 aliphatic rings. The quantitative estimate of drug-likeness (QED) is 0.487. The van der Waals surface area contributed by atoms with Gasteiger partial charge in [-0.25, -0.2) is 0 Å². The van der Waals surface area contributed by atoms with Crippen LogP contribution >= 0.6 is 22.6 Å². The van der Waals surface area contributed by atoms with Gasteiger partial charge in [0, 0.05) is 3.57 Å². The number of aldehydes is 1. The molecule has 0 aliphatic carbocycles. The zero-order chi connectivity index (χ0) is 11.4. The van der Waals surface area contributed by atoms with Crippen molar-refractivity contribution < 1.29 is 14.3 Å². The molecule has 0 heterocycles. The highest BCUT2D eigenvalue weighted by atomic mass is 127. The fourth-order valence-electron chi connectivity index (χ4n) is 1.27. The second-order valence-electron chi connectivity index (χ2n) is 2.98. The van der Waals surface area contributed by atoms with Crippen molar-refractivity contribution in [1.29, 1.82) is 0 Å². The predicted octanol–water partition coefficient (Wildman–Crippen LogP) is 2.71. The molecule has 0 N–H and O–H groups in total. The summed E-state index contributed by atoms with van der Waals surface area (Å²) in [5.74, 6) is 0.292. The molecule has 1 aromatic carbocycles. The van der Waals surface area contributed by atoms with E-state index in [0.29, 0.717) is 29.8 Å². The number of Topliss-reactive ketones (excluding diaryl/α,β-unsaturated/α-hetero) is 1. The van der Waals surface area contributed by atoms with Crippen molar-refractivity contribution in [2.75, 3.05) is 6.61 Å². The third-order valence-corrected chi connectivity index (χ3v) is 2.50. The smallest absolute Gasteiger partial charge is 0.163 e. The molecule has 0 atom stereocenters. The average molecular weight is 318 g/mol. The minimum Gasteiger partial charge on any atom is -0.492 e. The number of carbonyl (C=O) groups is 2. The van der Waals surface area contributed by atoms with Crippen LogP contribution in [-0.4, -0.2) is 18.7 Å². The number of benzene rings is 1. The van der Waals surface area contributed by atoms with Gasteiger partial charge in [0.25, 0.3) is 0 Å². The number of hydrogen-bond acceptors (Lipinski definition) is 3. The van der Waals surface area contributed by atoms with E-state index in [4.69, 9.17) is 4.74 Å². The van der Waals surface area contributed by atoms with Crippen LogP contribution in [0.3, 0.4) is 0 Å². The van der Waals surface area contributed by atoms with Crippen LogP contribution in [0.25, 0.3) is 0 Å². The van der Waals surface area contributed by atoms with Crippen molar-refractivity contribution in [1.82, 2.24) is 0 Å². The molecule has 0 aromatic heterocycles. The normalized spacial score (nSPS) is 9.80. The van der Waals surface area contributed by atoms with Gasteiger partial charge in [0.05, 0.1) is 17.7 Å². The van der Waals surface area contributed by atoms with E-state index in [-0.39, 0.29) is 5.78 Å². The summed E-state index contributed by atoms with van der Waals surface area (Å²) in [5, 5.41) is 0. The van der Waals surface area contributed by atoms with Crippen LogP contribution in [0.1, 0.15) is 34.6 Å². The molecule has 0 saturated heterocycles. The van der Waals surface area contributed by atoms with Gasteiger partial charge in [-0.3, -0.25) is 9.59 Å². The van der Waals surface area contributed by atoms with E-state index >= 15 is 0 Å². The number of halogens is 1. The van der Waals surface area contributed by atoms with Crippen LogP contribution in [0.4, 0.5) is 0 Å². The van der Waals surface area contributed by atoms with E-state index in [2.05, 4.69) is 22.6 Å². The lowest BCUT2D eigenvalue weighted by Crippen LogP contribution is -2.04. The molecule has 0 bridgehead atoms. The Labute approximate surface area is 102 Å². The third kappa shape index (κ3) is 2.77. The Morgan fingerprint density at radius 2 is 2.20 bits per heavy atom. The van der Waals surface area contributed by atoms with Gasteiger partial charge in [0.1, 0.15) is 5.75 Å². The number of ketones is 1. The molecule has 1 rings (SSSR count). The number of carbonyl (C=O) groups excluding carboxylic acids is 2. The van der Waals surface area contributed by atoms with Gasteiger partial charge < -0.3 is 4.74 Å². The molecule has 0 radical (unpaired) electrons. The minimum atomic E-state index is -0.0972. The van der Waals surface area contributed by atoms with Crippen LogP contribution in [0.2, 0.25) is 0 Å². The largest absolute Gasteiger partial charge is 0.492 e. The Hall–Kier alpha value is -0.910. The first-order valence-corrected chi connectivity index (χ1v) is 5.60. The number of rotatable bonds is 4. The second kappa shape index (κ2) is 5.25. The lowest BCUT2D eigenvalue weighted by Gasteiger charge is -2.10. The van der Waals surface area contributed by atoms with E-state index in [0.717, 1.165) is 3.57 Å². The predicted molar refractivity (Wildman–Crippen MR) is 65.7 cm³/mol. The summed E-state index contributed by atoms with van der Waals surface area (Å²) in [6.07, 6.45) is 0.708. The third-order valence-electron chi connectivity index (χ3n) is 1.88. The minimum absolute atomic E-state index is 0.0972. The van der Waals surface area contributed by atoms with Gasteiger partial charge >= 0.3 is 0 Å². The molecule has 0 saturated carbocycles. The molecule has 0 fully saturated rings. The lowest BCUT2D eigenvalue weighted by atomic mass is 10.1. The van der Waals surface area contributed by atoms with Crippen molar-refractivity contribution in [3.05, 3.63) is 26.8 Å². The Kier molecular flexibility index (Phi) is 4.26. The average Bonchev–Trinajstić information content (AvgIpc) is 2.19. The number of hydrogen-bond donors (Lipinski definition) is 0. The van der Waals surface area contributed by atoms with E-state index in [1.54, 1.807) is 12.1 Å². The molecular weight excluding hydrogens is 307 g/mol. The van der Waals surface area contributed by atoms with Crippen LogP contribution in [-0.2, 0) is 0 Å². The molecule has 0 amide bonds. The highest BCUT2D eigenvalue weighted by Crippen LogP contribution is 2.26. The molecule has 0 unspecified atom stereocenters. The molecular formula is C11H11IO3. The van der Waals surface area contributed by atoms with E-state index in [1.807, 2.05) is 6.92 Å². The summed E-state index contributed by atoms with van der Waals surface area (Å²) in [4.78, 5) is 22.2. The maximum Gasteiger partial charge on any atom is 0.163 e. The van der Waals surface area contributed by atoms with Crippen LogP contribution in [0.15, 0.2) is 12.1 Å². The highest BCUT2D eigenvalue weighted by Gasteiger charge is 2.14. The van der Waals surface area contributed by atoms with Gasteiger partial charge in [-0.2, -0.15) is 0 Å². The summed E-state index contributed by atoms with van der Waals surface area (Å²) in [5.41, 5.74) is 0.889. The maximum absolute atomic E-state index is 11.4. The van der Waals surface area contributed by atoms with Gasteiger partial charge in [-0.1, -0.05) is 0 Å². The summed E-state index contributed by atoms with van der Waals surface area (Å²) in [7, 11) is 0. The van der Waals surface area contributed by atoms with E-state index in [9.17, 15) is 9.59 Å². The molecule has 4 heteroatoms. The van der Waals surface area contributed by atoms with Crippen LogP contribution in [0.5, 0.6) is 5.75 Å². The molecule has 0 aliphatic heterocycles. The zero-order valence-corrected chi connectivity index (χ0v) is 10.7. The standard InChI is InChI=1S/C11H11IO3/c1-3-15-11-8(6-13)4-9(12)5-10(11)7(2)14/h4-6H,3H2,1-2H3. The zero-order valence-electron chi connectivity index (χ0n) is 8.54. The first-order chi connectivity index (χ1) is 7.10. The fraction of sp³-hybridized carbons (Fsp3) is 0.273. The van der Waals surface area contributed by atoms with Gasteiger partial charge in [0.2, 0.25) is 0 Å². The summed E-state index contributed by atoms with van der Waals surface area (Å²) in [6, 6.07) is 3.42. The molecule has 15 heavy (non-hydrogen) atoms. The molecule has 3 nitrogen and oxygen atoms in total. The van der Waals surface area contributed by atoms with Crippen molar-refractivity contribution >= 4 is 34.7 Å². The van der Waals surface area contributed by atoms with Gasteiger partial charge in [-0.05, 0) is 48.6 Å². The summed E-state index contributed by atoms with van der Waals surface area (Å²) < 4.78 is 6.17. The Morgan fingerprint density at radius 1 is 1.53 bits per heavy atom. The van der Waals surface area contributed by atoms with Crippen molar-refractivity contribution in [2.45, 2.75) is 13.8 Å². The fourth-order valence-corrected chi connectivity index (χ4v) is 1.92. The molecule has 0 spiro atoms. The van der Waals surface area contributed by atoms with Gasteiger partial charge in [0.15, 0.2) is 12.1 Å². The Bertz CT molecular complexity index is 399. The highest BCUT2D eigenvalue weighted by molar-refractivity contribution is 14.1. The lowest BCUT2D eigenvalue weighted by molar-refractivity contribution is 0.101. The van der Waals surface area contributed by atoms with Gasteiger partial charge in [-0.15, -0.1) is 0 Å². The first kappa shape index (κ1) is 12.2. The first-order valence-electron chi connectivity index (χ1n) is 4.52. The van der Waals surface area contributed by atoms with Crippen molar-refractivity contribution in [3.63, 3.8) is 0 Å². The Balaban J connectivity index is 3.39. The van der Waals surface area contributed by atoms with E-state index < -0.39 is 0 Å². The summed E-state index contributed by atoms with van der Waals surface area (Å²) >= 11 is 2.07. The monoisotopic (exact) mass is 318 g/mol. The maximum atomic E-state index is 11.4. The second-order valence-corrected chi connectivity index (χ2v) is 4.22. The summed E-state index contributed by atoms with van der Waals surface area (Å²) in [6.45, 7) is 3.71. The Morgan fingerprint density at radius 3 is 2.67 bits per heavy atom. The SMILES string of the molecule is CCOc1c(C=O)cc(I)cc1C(C)=O. The number of ether oxygens (including phenoxy) is 1. The van der Waals surface area contributed by atoms with E-state index in [1.165, 1.54) is 6.92 Å². The van der Waals surface area contributed by atoms with Crippen LogP contribution in [0, 0.1) is 3.57 Å². The molecule has 80 valence electrons. The van der Waals surface area contributed by atoms with Crippen LogP contribution < -0.4 is 4.74 Å². The molecule has 1 aromatic rings. The topological polar surface area (TPSA) is 43.4 Å². The van der Waals surface area contributed by atoms with Crippen molar-refractivity contribution in [2.24, 2.45) is 0 Å². The van der Waals surface area contributed by atoms with Crippen molar-refractivity contribution in [3.8, 4) is 5.75 Å².